The number of esters is 1. The number of fused-ring (bicyclic) bond motifs is 1. The average Bonchev–Trinajstić information content (AvgIpc) is 2.45. The van der Waals surface area contributed by atoms with Gasteiger partial charge in [0.1, 0.15) is 17.2 Å². The molecule has 0 aromatic heterocycles. The monoisotopic (exact) mass is 290 g/mol. The first kappa shape index (κ1) is 14.6. The van der Waals surface area contributed by atoms with E-state index in [1.807, 2.05) is 0 Å². The summed E-state index contributed by atoms with van der Waals surface area (Å²) in [6.45, 7) is 1.25. The molecule has 2 aromatic rings. The van der Waals surface area contributed by atoms with Crippen LogP contribution in [0.3, 0.4) is 0 Å². The van der Waals surface area contributed by atoms with Crippen LogP contribution in [0.4, 0.5) is 0 Å². The predicted molar refractivity (Wildman–Crippen MR) is 75.3 cm³/mol. The zero-order chi connectivity index (χ0) is 15.6. The Hall–Kier alpha value is -2.76. The molecule has 21 heavy (non-hydrogen) atoms. The third kappa shape index (κ3) is 2.89. The van der Waals surface area contributed by atoms with Gasteiger partial charge in [0, 0.05) is 23.8 Å². The van der Waals surface area contributed by atoms with E-state index in [0.29, 0.717) is 22.3 Å². The van der Waals surface area contributed by atoms with Gasteiger partial charge < -0.3 is 19.3 Å². The molecule has 6 heteroatoms. The summed E-state index contributed by atoms with van der Waals surface area (Å²) in [5.41, 5.74) is 0.00205. The molecule has 0 saturated carbocycles. The van der Waals surface area contributed by atoms with E-state index in [1.165, 1.54) is 33.3 Å². The van der Waals surface area contributed by atoms with Crippen LogP contribution in [0.1, 0.15) is 17.3 Å². The fourth-order valence-electron chi connectivity index (χ4n) is 2.02. The van der Waals surface area contributed by atoms with Crippen molar-refractivity contribution in [1.82, 2.24) is 0 Å². The molecule has 0 radical (unpaired) electrons. The summed E-state index contributed by atoms with van der Waals surface area (Å²) >= 11 is 0. The molecule has 0 aliphatic rings. The number of ether oxygens (including phenoxy) is 3. The molecule has 0 spiro atoms. The van der Waals surface area contributed by atoms with Crippen LogP contribution in [-0.4, -0.2) is 31.3 Å². The van der Waals surface area contributed by atoms with Crippen molar-refractivity contribution in [3.63, 3.8) is 0 Å². The molecule has 0 fully saturated rings. The van der Waals surface area contributed by atoms with Gasteiger partial charge in [0.2, 0.25) is 0 Å². The van der Waals surface area contributed by atoms with Gasteiger partial charge in [-0.15, -0.1) is 0 Å². The highest BCUT2D eigenvalue weighted by atomic mass is 16.5. The number of carbonyl (C=O) groups is 2. The van der Waals surface area contributed by atoms with Crippen LogP contribution in [0, 0.1) is 0 Å². The molecule has 0 saturated heterocycles. The molecule has 110 valence electrons. The quantitative estimate of drug-likeness (QED) is 0.688. The van der Waals surface area contributed by atoms with Crippen molar-refractivity contribution in [2.45, 2.75) is 6.92 Å². The topological polar surface area (TPSA) is 82.1 Å². The lowest BCUT2D eigenvalue weighted by atomic mass is 10.0. The molecular weight excluding hydrogens is 276 g/mol. The summed E-state index contributed by atoms with van der Waals surface area (Å²) < 4.78 is 15.5. The maximum Gasteiger partial charge on any atom is 0.335 e. The summed E-state index contributed by atoms with van der Waals surface area (Å²) in [7, 11) is 2.96. The van der Waals surface area contributed by atoms with Crippen LogP contribution in [0.25, 0.3) is 10.8 Å². The third-order valence-electron chi connectivity index (χ3n) is 2.92. The highest BCUT2D eigenvalue weighted by Gasteiger charge is 2.16. The smallest absolute Gasteiger partial charge is 0.335 e. The van der Waals surface area contributed by atoms with Gasteiger partial charge in [-0.1, -0.05) is 0 Å². The molecule has 0 heterocycles. The normalized spacial score (nSPS) is 10.2. The predicted octanol–water partition coefficient (Wildman–Crippen LogP) is 2.48. The summed E-state index contributed by atoms with van der Waals surface area (Å²) in [5.74, 6) is -0.574. The van der Waals surface area contributed by atoms with Crippen molar-refractivity contribution in [3.05, 3.63) is 29.8 Å². The van der Waals surface area contributed by atoms with E-state index in [4.69, 9.17) is 19.3 Å². The molecule has 0 aliphatic heterocycles. The Morgan fingerprint density at radius 1 is 0.952 bits per heavy atom. The number of methoxy groups -OCH3 is 2. The van der Waals surface area contributed by atoms with E-state index in [9.17, 15) is 9.59 Å². The van der Waals surface area contributed by atoms with Crippen LogP contribution in [0.5, 0.6) is 17.2 Å². The standard InChI is InChI=1S/C15H14O6/c1-8(16)21-14-5-9(15(17)18)4-11-12(14)6-10(19-2)7-13(11)20-3/h4-7H,1-3H3,(H,17,18). The van der Waals surface area contributed by atoms with Crippen molar-refractivity contribution in [2.75, 3.05) is 14.2 Å². The Morgan fingerprint density at radius 3 is 2.14 bits per heavy atom. The average molecular weight is 290 g/mol. The minimum absolute atomic E-state index is 0.00205. The molecule has 0 bridgehead atoms. The molecule has 0 unspecified atom stereocenters. The molecule has 0 atom stereocenters. The van der Waals surface area contributed by atoms with Crippen molar-refractivity contribution < 1.29 is 28.9 Å². The first-order valence-corrected chi connectivity index (χ1v) is 6.07. The van der Waals surface area contributed by atoms with E-state index < -0.39 is 11.9 Å². The van der Waals surface area contributed by atoms with Gasteiger partial charge in [-0.05, 0) is 18.2 Å². The molecular formula is C15H14O6. The Kier molecular flexibility index (Phi) is 3.98. The maximum atomic E-state index is 11.2. The van der Waals surface area contributed by atoms with Crippen LogP contribution < -0.4 is 14.2 Å². The van der Waals surface area contributed by atoms with Gasteiger partial charge in [0.25, 0.3) is 0 Å². The lowest BCUT2D eigenvalue weighted by Crippen LogP contribution is -2.05. The van der Waals surface area contributed by atoms with E-state index in [-0.39, 0.29) is 11.3 Å². The Bertz CT molecular complexity index is 720. The lowest BCUT2D eigenvalue weighted by Gasteiger charge is -2.13. The minimum atomic E-state index is -1.12. The second-order valence-corrected chi connectivity index (χ2v) is 4.30. The Labute approximate surface area is 120 Å². The third-order valence-corrected chi connectivity index (χ3v) is 2.92. The summed E-state index contributed by atoms with van der Waals surface area (Å²) in [5, 5.41) is 10.2. The van der Waals surface area contributed by atoms with Gasteiger partial charge in [0.15, 0.2) is 0 Å². The summed E-state index contributed by atoms with van der Waals surface area (Å²) in [6.07, 6.45) is 0. The Morgan fingerprint density at radius 2 is 1.62 bits per heavy atom. The number of carboxylic acids is 1. The molecule has 1 N–H and O–H groups in total. The number of benzene rings is 2. The fourth-order valence-corrected chi connectivity index (χ4v) is 2.02. The highest BCUT2D eigenvalue weighted by Crippen LogP contribution is 2.37. The molecule has 0 amide bonds. The number of aromatic carboxylic acids is 1. The number of carboxylic acid groups (broad SMARTS) is 1. The highest BCUT2D eigenvalue weighted by molar-refractivity contribution is 6.01. The van der Waals surface area contributed by atoms with Gasteiger partial charge in [-0.25, -0.2) is 4.79 Å². The maximum absolute atomic E-state index is 11.2. The van der Waals surface area contributed by atoms with Crippen molar-refractivity contribution in [2.24, 2.45) is 0 Å². The first-order valence-electron chi connectivity index (χ1n) is 6.07. The minimum Gasteiger partial charge on any atom is -0.497 e. The Balaban J connectivity index is 2.82. The van der Waals surface area contributed by atoms with E-state index >= 15 is 0 Å². The van der Waals surface area contributed by atoms with Crippen LogP contribution in [0.15, 0.2) is 24.3 Å². The van der Waals surface area contributed by atoms with Crippen molar-refractivity contribution in [3.8, 4) is 17.2 Å². The van der Waals surface area contributed by atoms with Crippen molar-refractivity contribution >= 4 is 22.7 Å². The molecule has 6 nitrogen and oxygen atoms in total. The fraction of sp³-hybridized carbons (Fsp3) is 0.200. The largest absolute Gasteiger partial charge is 0.497 e. The van der Waals surface area contributed by atoms with Gasteiger partial charge in [0.05, 0.1) is 19.8 Å². The number of hydrogen-bond donors (Lipinski definition) is 1. The lowest BCUT2D eigenvalue weighted by molar-refractivity contribution is -0.131. The van der Waals surface area contributed by atoms with Crippen LogP contribution in [0.2, 0.25) is 0 Å². The van der Waals surface area contributed by atoms with Crippen LogP contribution >= 0.6 is 0 Å². The van der Waals surface area contributed by atoms with Crippen molar-refractivity contribution in [1.29, 1.82) is 0 Å². The summed E-state index contributed by atoms with van der Waals surface area (Å²) in [4.78, 5) is 22.4. The second kappa shape index (κ2) is 5.70. The zero-order valence-electron chi connectivity index (χ0n) is 11.8. The number of rotatable bonds is 4. The summed E-state index contributed by atoms with van der Waals surface area (Å²) in [6, 6.07) is 6.04. The van der Waals surface area contributed by atoms with E-state index in [2.05, 4.69) is 0 Å². The second-order valence-electron chi connectivity index (χ2n) is 4.30. The SMILES string of the molecule is COc1cc(OC)c2cc(C(=O)O)cc(OC(C)=O)c2c1. The van der Waals surface area contributed by atoms with Gasteiger partial charge in [-0.2, -0.15) is 0 Å². The number of hydrogen-bond acceptors (Lipinski definition) is 5. The molecule has 2 aromatic carbocycles. The van der Waals surface area contributed by atoms with Gasteiger partial charge in [-0.3, -0.25) is 4.79 Å². The first-order chi connectivity index (χ1) is 9.96. The van der Waals surface area contributed by atoms with Gasteiger partial charge >= 0.3 is 11.9 Å². The zero-order valence-corrected chi connectivity index (χ0v) is 11.8. The van der Waals surface area contributed by atoms with E-state index in [0.717, 1.165) is 0 Å². The molecule has 0 aliphatic carbocycles. The molecule has 2 rings (SSSR count). The van der Waals surface area contributed by atoms with E-state index in [1.54, 1.807) is 12.1 Å². The number of carbonyl (C=O) groups excluding carboxylic acids is 1. The van der Waals surface area contributed by atoms with Crippen LogP contribution in [-0.2, 0) is 4.79 Å².